The topological polar surface area (TPSA) is 32.3 Å². The summed E-state index contributed by atoms with van der Waals surface area (Å²) in [6, 6.07) is 8.15. The number of hydrogen-bond acceptors (Lipinski definition) is 2. The van der Waals surface area contributed by atoms with Gasteiger partial charge in [0.05, 0.1) is 0 Å². The standard InChI is InChI=1S/C15H22N2O/c1-12(2)16-15(18)14-7-5-13(6-8-14)11-17-9-3-4-10-17/h5-8,12H,3-4,9-11H2,1-2H3,(H,16,18). The van der Waals surface area contributed by atoms with Crippen LogP contribution >= 0.6 is 0 Å². The molecule has 1 aromatic carbocycles. The van der Waals surface area contributed by atoms with Crippen LogP contribution in [0, 0.1) is 0 Å². The van der Waals surface area contributed by atoms with Crippen LogP contribution in [0.5, 0.6) is 0 Å². The number of likely N-dealkylation sites (tertiary alicyclic amines) is 1. The lowest BCUT2D eigenvalue weighted by Crippen LogP contribution is -2.30. The molecule has 1 amide bonds. The summed E-state index contributed by atoms with van der Waals surface area (Å²) in [4.78, 5) is 14.3. The van der Waals surface area contributed by atoms with Crippen molar-refractivity contribution in [3.8, 4) is 0 Å². The van der Waals surface area contributed by atoms with E-state index < -0.39 is 0 Å². The lowest BCUT2D eigenvalue weighted by molar-refractivity contribution is 0.0943. The number of hydrogen-bond donors (Lipinski definition) is 1. The molecule has 18 heavy (non-hydrogen) atoms. The Bertz CT molecular complexity index is 391. The van der Waals surface area contributed by atoms with Gasteiger partial charge < -0.3 is 5.32 Å². The third kappa shape index (κ3) is 3.57. The van der Waals surface area contributed by atoms with Crippen LogP contribution in [0.4, 0.5) is 0 Å². The maximum absolute atomic E-state index is 11.8. The zero-order chi connectivity index (χ0) is 13.0. The highest BCUT2D eigenvalue weighted by Crippen LogP contribution is 2.13. The van der Waals surface area contributed by atoms with Crippen LogP contribution in [0.2, 0.25) is 0 Å². The van der Waals surface area contributed by atoms with Gasteiger partial charge in [-0.2, -0.15) is 0 Å². The second-order valence-corrected chi connectivity index (χ2v) is 5.31. The van der Waals surface area contributed by atoms with E-state index in [1.165, 1.54) is 31.5 Å². The Balaban J connectivity index is 1.94. The predicted molar refractivity (Wildman–Crippen MR) is 73.6 cm³/mol. The van der Waals surface area contributed by atoms with Gasteiger partial charge in [-0.25, -0.2) is 0 Å². The summed E-state index contributed by atoms with van der Waals surface area (Å²) in [6.07, 6.45) is 2.63. The van der Waals surface area contributed by atoms with Crippen LogP contribution in [-0.2, 0) is 6.54 Å². The Morgan fingerprint density at radius 2 is 1.83 bits per heavy atom. The third-order valence-corrected chi connectivity index (χ3v) is 3.24. The molecule has 0 spiro atoms. The summed E-state index contributed by atoms with van der Waals surface area (Å²) in [5.41, 5.74) is 2.03. The minimum absolute atomic E-state index is 0.0118. The third-order valence-electron chi connectivity index (χ3n) is 3.24. The quantitative estimate of drug-likeness (QED) is 0.885. The van der Waals surface area contributed by atoms with Gasteiger partial charge in [0, 0.05) is 18.2 Å². The zero-order valence-corrected chi connectivity index (χ0v) is 11.3. The van der Waals surface area contributed by atoms with Gasteiger partial charge in [0.2, 0.25) is 0 Å². The van der Waals surface area contributed by atoms with Crippen molar-refractivity contribution in [3.63, 3.8) is 0 Å². The molecule has 0 unspecified atom stereocenters. The molecule has 1 saturated heterocycles. The summed E-state index contributed by atoms with van der Waals surface area (Å²) in [5.74, 6) is 0.0118. The number of rotatable bonds is 4. The van der Waals surface area contributed by atoms with Crippen LogP contribution in [0.15, 0.2) is 24.3 Å². The van der Waals surface area contributed by atoms with Gasteiger partial charge in [0.1, 0.15) is 0 Å². The first-order valence-corrected chi connectivity index (χ1v) is 6.77. The van der Waals surface area contributed by atoms with Gasteiger partial charge in [0.15, 0.2) is 0 Å². The second kappa shape index (κ2) is 6.01. The summed E-state index contributed by atoms with van der Waals surface area (Å²) in [7, 11) is 0. The predicted octanol–water partition coefficient (Wildman–Crippen LogP) is 2.42. The van der Waals surface area contributed by atoms with Crippen LogP contribution < -0.4 is 5.32 Å². The molecule has 1 heterocycles. The first kappa shape index (κ1) is 13.1. The van der Waals surface area contributed by atoms with Crippen LogP contribution in [0.25, 0.3) is 0 Å². The molecule has 0 radical (unpaired) electrons. The maximum atomic E-state index is 11.8. The molecule has 3 nitrogen and oxygen atoms in total. The highest BCUT2D eigenvalue weighted by molar-refractivity contribution is 5.94. The van der Waals surface area contributed by atoms with Crippen LogP contribution in [0.1, 0.15) is 42.6 Å². The highest BCUT2D eigenvalue weighted by Gasteiger charge is 2.12. The van der Waals surface area contributed by atoms with Gasteiger partial charge in [-0.1, -0.05) is 12.1 Å². The number of nitrogens with zero attached hydrogens (tertiary/aromatic N) is 1. The molecular weight excluding hydrogens is 224 g/mol. The normalized spacial score (nSPS) is 16.2. The lowest BCUT2D eigenvalue weighted by Gasteiger charge is -2.14. The molecule has 1 aromatic rings. The number of nitrogens with one attached hydrogen (secondary N) is 1. The fourth-order valence-corrected chi connectivity index (χ4v) is 2.31. The van der Waals surface area contributed by atoms with E-state index in [-0.39, 0.29) is 11.9 Å². The van der Waals surface area contributed by atoms with Crippen molar-refractivity contribution in [2.75, 3.05) is 13.1 Å². The van der Waals surface area contributed by atoms with Crippen molar-refractivity contribution < 1.29 is 4.79 Å². The minimum atomic E-state index is 0.0118. The van der Waals surface area contributed by atoms with Gasteiger partial charge >= 0.3 is 0 Å². The van der Waals surface area contributed by atoms with Crippen LogP contribution in [0.3, 0.4) is 0 Å². The van der Waals surface area contributed by atoms with Gasteiger partial charge in [-0.3, -0.25) is 9.69 Å². The highest BCUT2D eigenvalue weighted by atomic mass is 16.1. The Hall–Kier alpha value is -1.35. The molecule has 0 saturated carbocycles. The average molecular weight is 246 g/mol. The van der Waals surface area contributed by atoms with Crippen molar-refractivity contribution in [1.29, 1.82) is 0 Å². The molecule has 0 aromatic heterocycles. The molecule has 1 N–H and O–H groups in total. The number of amides is 1. The smallest absolute Gasteiger partial charge is 0.251 e. The largest absolute Gasteiger partial charge is 0.350 e. The van der Waals surface area contributed by atoms with E-state index >= 15 is 0 Å². The SMILES string of the molecule is CC(C)NC(=O)c1ccc(CN2CCCC2)cc1. The second-order valence-electron chi connectivity index (χ2n) is 5.31. The molecule has 2 rings (SSSR count). The number of carbonyl (C=O) groups excluding carboxylic acids is 1. The van der Waals surface area contributed by atoms with E-state index in [2.05, 4.69) is 22.3 Å². The molecule has 1 aliphatic heterocycles. The molecule has 1 aliphatic rings. The van der Waals surface area contributed by atoms with E-state index in [4.69, 9.17) is 0 Å². The van der Waals surface area contributed by atoms with E-state index in [9.17, 15) is 4.79 Å². The molecule has 1 fully saturated rings. The van der Waals surface area contributed by atoms with Gasteiger partial charge in [-0.05, 0) is 57.5 Å². The lowest BCUT2D eigenvalue weighted by atomic mass is 10.1. The van der Waals surface area contributed by atoms with Crippen molar-refractivity contribution in [3.05, 3.63) is 35.4 Å². The minimum Gasteiger partial charge on any atom is -0.350 e. The monoisotopic (exact) mass is 246 g/mol. The van der Waals surface area contributed by atoms with Crippen molar-refractivity contribution in [2.24, 2.45) is 0 Å². The molecule has 0 atom stereocenters. The molecule has 98 valence electrons. The molecular formula is C15H22N2O. The summed E-state index contributed by atoms with van der Waals surface area (Å²) < 4.78 is 0. The Morgan fingerprint density at radius 3 is 2.39 bits per heavy atom. The Kier molecular flexibility index (Phi) is 4.37. The first-order chi connectivity index (χ1) is 8.65. The fraction of sp³-hybridized carbons (Fsp3) is 0.533. The van der Waals surface area contributed by atoms with Gasteiger partial charge in [0.25, 0.3) is 5.91 Å². The zero-order valence-electron chi connectivity index (χ0n) is 11.3. The average Bonchev–Trinajstić information content (AvgIpc) is 2.82. The molecule has 0 aliphatic carbocycles. The van der Waals surface area contributed by atoms with E-state index in [1.54, 1.807) is 0 Å². The number of benzene rings is 1. The fourth-order valence-electron chi connectivity index (χ4n) is 2.31. The van der Waals surface area contributed by atoms with Crippen molar-refractivity contribution in [2.45, 2.75) is 39.3 Å². The Labute approximate surface area is 109 Å². The van der Waals surface area contributed by atoms with E-state index in [0.717, 1.165) is 12.1 Å². The summed E-state index contributed by atoms with van der Waals surface area (Å²) in [5, 5.41) is 2.90. The Morgan fingerprint density at radius 1 is 1.22 bits per heavy atom. The summed E-state index contributed by atoms with van der Waals surface area (Å²) in [6.45, 7) is 7.36. The molecule has 3 heteroatoms. The number of carbonyl (C=O) groups is 1. The maximum Gasteiger partial charge on any atom is 0.251 e. The van der Waals surface area contributed by atoms with Crippen LogP contribution in [-0.4, -0.2) is 29.9 Å². The van der Waals surface area contributed by atoms with Crippen molar-refractivity contribution >= 4 is 5.91 Å². The first-order valence-electron chi connectivity index (χ1n) is 6.77. The van der Waals surface area contributed by atoms with Crippen molar-refractivity contribution in [1.82, 2.24) is 10.2 Å². The van der Waals surface area contributed by atoms with Gasteiger partial charge in [-0.15, -0.1) is 0 Å². The molecule has 0 bridgehead atoms. The van der Waals surface area contributed by atoms with E-state index in [0.29, 0.717) is 0 Å². The summed E-state index contributed by atoms with van der Waals surface area (Å²) >= 11 is 0. The van der Waals surface area contributed by atoms with E-state index in [1.807, 2.05) is 26.0 Å².